The summed E-state index contributed by atoms with van der Waals surface area (Å²) in [7, 11) is 0. The normalized spacial score (nSPS) is 15.5. The number of hydrogen-bond donors (Lipinski definition) is 2. The number of halogens is 2. The molecule has 3 rings (SSSR count). The van der Waals surface area contributed by atoms with Crippen LogP contribution in [0.4, 0.5) is 0 Å². The number of aromatic amines is 1. The van der Waals surface area contributed by atoms with Gasteiger partial charge in [-0.25, -0.2) is 0 Å². The molecule has 24 heavy (non-hydrogen) atoms. The third-order valence-electron chi connectivity index (χ3n) is 4.23. The highest BCUT2D eigenvalue weighted by molar-refractivity contribution is 9.10. The molecule has 2 aromatic rings. The lowest BCUT2D eigenvalue weighted by Crippen LogP contribution is -2.38. The molecule has 0 radical (unpaired) electrons. The Balaban J connectivity index is 1.67. The molecule has 1 aliphatic rings. The molecule has 6 nitrogen and oxygen atoms in total. The molecule has 1 aromatic heterocycles. The van der Waals surface area contributed by atoms with Gasteiger partial charge in [0, 0.05) is 29.2 Å². The first-order valence-electron chi connectivity index (χ1n) is 7.55. The van der Waals surface area contributed by atoms with Crippen LogP contribution in [0.1, 0.15) is 45.3 Å². The SMILES string of the molecule is NC(=O)c1cc(C2CCN(C(=O)c3cc(Br)ccc3Cl)CC2)[nH]n1. The zero-order valence-corrected chi connectivity index (χ0v) is 15.1. The van der Waals surface area contributed by atoms with E-state index in [9.17, 15) is 9.59 Å². The van der Waals surface area contributed by atoms with Crippen molar-refractivity contribution in [3.8, 4) is 0 Å². The van der Waals surface area contributed by atoms with Gasteiger partial charge in [-0.2, -0.15) is 5.10 Å². The van der Waals surface area contributed by atoms with Crippen molar-refractivity contribution < 1.29 is 9.59 Å². The summed E-state index contributed by atoms with van der Waals surface area (Å²) in [4.78, 5) is 25.6. The number of piperidine rings is 1. The van der Waals surface area contributed by atoms with Crippen LogP contribution in [-0.2, 0) is 0 Å². The number of carbonyl (C=O) groups is 2. The van der Waals surface area contributed by atoms with Crippen molar-refractivity contribution in [3.63, 3.8) is 0 Å². The minimum Gasteiger partial charge on any atom is -0.364 e. The summed E-state index contributed by atoms with van der Waals surface area (Å²) in [5.41, 5.74) is 6.85. The molecule has 3 N–H and O–H groups in total. The van der Waals surface area contributed by atoms with E-state index in [-0.39, 0.29) is 17.5 Å². The summed E-state index contributed by atoms with van der Waals surface area (Å²) in [6.07, 6.45) is 1.58. The predicted molar refractivity (Wildman–Crippen MR) is 94.1 cm³/mol. The molecule has 8 heteroatoms. The Bertz CT molecular complexity index is 784. The van der Waals surface area contributed by atoms with Crippen molar-refractivity contribution in [2.24, 2.45) is 5.73 Å². The highest BCUT2D eigenvalue weighted by Crippen LogP contribution is 2.29. The summed E-state index contributed by atoms with van der Waals surface area (Å²) in [5.74, 6) is -0.385. The molecule has 0 atom stereocenters. The molecule has 0 spiro atoms. The van der Waals surface area contributed by atoms with Crippen LogP contribution in [-0.4, -0.2) is 40.0 Å². The number of hydrogen-bond acceptors (Lipinski definition) is 3. The van der Waals surface area contributed by atoms with Crippen LogP contribution in [0.3, 0.4) is 0 Å². The largest absolute Gasteiger partial charge is 0.364 e. The maximum Gasteiger partial charge on any atom is 0.269 e. The van der Waals surface area contributed by atoms with Crippen LogP contribution in [0.25, 0.3) is 0 Å². The molecule has 0 saturated carbocycles. The minimum absolute atomic E-state index is 0.0674. The molecule has 126 valence electrons. The van der Waals surface area contributed by atoms with Gasteiger partial charge in [-0.05, 0) is 37.1 Å². The number of carbonyl (C=O) groups excluding carboxylic acids is 2. The molecular weight excluding hydrogens is 396 g/mol. The van der Waals surface area contributed by atoms with E-state index >= 15 is 0 Å². The van der Waals surface area contributed by atoms with E-state index in [2.05, 4.69) is 26.1 Å². The Labute approximate surface area is 152 Å². The van der Waals surface area contributed by atoms with E-state index in [0.29, 0.717) is 23.7 Å². The summed E-state index contributed by atoms with van der Waals surface area (Å²) >= 11 is 9.51. The summed E-state index contributed by atoms with van der Waals surface area (Å²) < 4.78 is 0.821. The van der Waals surface area contributed by atoms with Crippen LogP contribution in [0.2, 0.25) is 5.02 Å². The zero-order valence-electron chi connectivity index (χ0n) is 12.8. The maximum atomic E-state index is 12.6. The fraction of sp³-hybridized carbons (Fsp3) is 0.312. The van der Waals surface area contributed by atoms with Gasteiger partial charge in [0.25, 0.3) is 11.8 Å². The Kier molecular flexibility index (Phi) is 4.91. The highest BCUT2D eigenvalue weighted by atomic mass is 79.9. The Hall–Kier alpha value is -1.86. The average molecular weight is 412 g/mol. The van der Waals surface area contributed by atoms with Gasteiger partial charge >= 0.3 is 0 Å². The second-order valence-electron chi connectivity index (χ2n) is 5.76. The summed E-state index contributed by atoms with van der Waals surface area (Å²) in [6.45, 7) is 1.24. The highest BCUT2D eigenvalue weighted by Gasteiger charge is 2.27. The zero-order chi connectivity index (χ0) is 17.3. The van der Waals surface area contributed by atoms with Gasteiger partial charge in [0.1, 0.15) is 5.69 Å². The van der Waals surface area contributed by atoms with Gasteiger partial charge in [0.15, 0.2) is 0 Å². The van der Waals surface area contributed by atoms with Crippen molar-refractivity contribution in [1.29, 1.82) is 0 Å². The fourth-order valence-corrected chi connectivity index (χ4v) is 3.46. The molecule has 0 bridgehead atoms. The van der Waals surface area contributed by atoms with Crippen molar-refractivity contribution in [3.05, 3.63) is 50.7 Å². The van der Waals surface area contributed by atoms with Gasteiger partial charge in [-0.3, -0.25) is 14.7 Å². The molecule has 2 amide bonds. The van der Waals surface area contributed by atoms with E-state index in [1.807, 2.05) is 0 Å². The van der Waals surface area contributed by atoms with E-state index < -0.39 is 5.91 Å². The van der Waals surface area contributed by atoms with Crippen molar-refractivity contribution in [2.45, 2.75) is 18.8 Å². The van der Waals surface area contributed by atoms with E-state index in [1.54, 1.807) is 29.2 Å². The molecule has 1 saturated heterocycles. The lowest BCUT2D eigenvalue weighted by molar-refractivity contribution is 0.0712. The molecule has 0 aliphatic carbocycles. The van der Waals surface area contributed by atoms with Crippen molar-refractivity contribution in [1.82, 2.24) is 15.1 Å². The van der Waals surface area contributed by atoms with Crippen LogP contribution in [0.15, 0.2) is 28.7 Å². The van der Waals surface area contributed by atoms with Gasteiger partial charge in [0.2, 0.25) is 0 Å². The Morgan fingerprint density at radius 1 is 1.29 bits per heavy atom. The minimum atomic E-state index is -0.547. The topological polar surface area (TPSA) is 92.1 Å². The third-order valence-corrected chi connectivity index (χ3v) is 5.05. The number of nitrogens with two attached hydrogens (primary N) is 1. The van der Waals surface area contributed by atoms with Gasteiger partial charge < -0.3 is 10.6 Å². The summed E-state index contributed by atoms with van der Waals surface area (Å²) in [6, 6.07) is 6.95. The first-order chi connectivity index (χ1) is 11.5. The number of nitrogens with one attached hydrogen (secondary N) is 1. The van der Waals surface area contributed by atoms with Crippen LogP contribution >= 0.6 is 27.5 Å². The molecule has 0 unspecified atom stereocenters. The van der Waals surface area contributed by atoms with Gasteiger partial charge in [-0.1, -0.05) is 27.5 Å². The van der Waals surface area contributed by atoms with Gasteiger partial charge in [-0.15, -0.1) is 0 Å². The first kappa shape index (κ1) is 17.0. The van der Waals surface area contributed by atoms with E-state index in [4.69, 9.17) is 17.3 Å². The lowest BCUT2D eigenvalue weighted by Gasteiger charge is -2.31. The molecule has 1 fully saturated rings. The fourth-order valence-electron chi connectivity index (χ4n) is 2.90. The molecule has 2 heterocycles. The molecule has 1 aromatic carbocycles. The Morgan fingerprint density at radius 2 is 2.00 bits per heavy atom. The van der Waals surface area contributed by atoms with E-state index in [0.717, 1.165) is 23.0 Å². The number of rotatable bonds is 3. The average Bonchev–Trinajstić information content (AvgIpc) is 3.07. The first-order valence-corrected chi connectivity index (χ1v) is 8.72. The van der Waals surface area contributed by atoms with Crippen LogP contribution in [0, 0.1) is 0 Å². The van der Waals surface area contributed by atoms with Crippen LogP contribution in [0.5, 0.6) is 0 Å². The number of benzene rings is 1. The Morgan fingerprint density at radius 3 is 2.62 bits per heavy atom. The number of likely N-dealkylation sites (tertiary alicyclic amines) is 1. The third kappa shape index (κ3) is 3.47. The smallest absolute Gasteiger partial charge is 0.269 e. The predicted octanol–water partition coefficient (Wildman–Crippen LogP) is 2.94. The number of aromatic nitrogens is 2. The second-order valence-corrected chi connectivity index (χ2v) is 7.09. The van der Waals surface area contributed by atoms with Crippen LogP contribution < -0.4 is 5.73 Å². The quantitative estimate of drug-likeness (QED) is 0.813. The lowest BCUT2D eigenvalue weighted by atomic mass is 9.93. The monoisotopic (exact) mass is 410 g/mol. The van der Waals surface area contributed by atoms with Crippen molar-refractivity contribution in [2.75, 3.05) is 13.1 Å². The van der Waals surface area contributed by atoms with Gasteiger partial charge in [0.05, 0.1) is 10.6 Å². The van der Waals surface area contributed by atoms with E-state index in [1.165, 1.54) is 0 Å². The maximum absolute atomic E-state index is 12.6. The molecule has 1 aliphatic heterocycles. The number of primary amides is 1. The number of nitrogens with zero attached hydrogens (tertiary/aromatic N) is 2. The molecular formula is C16H16BrClN4O2. The number of H-pyrrole nitrogens is 1. The van der Waals surface area contributed by atoms with Crippen molar-refractivity contribution >= 4 is 39.3 Å². The number of amides is 2. The standard InChI is InChI=1S/C16H16BrClN4O2/c17-10-1-2-12(18)11(7-10)16(24)22-5-3-9(4-6-22)13-8-14(15(19)23)21-20-13/h1-2,7-9H,3-6H2,(H2,19,23)(H,20,21). The summed E-state index contributed by atoms with van der Waals surface area (Å²) in [5, 5.41) is 7.23. The second kappa shape index (κ2) is 6.94.